The van der Waals surface area contributed by atoms with Crippen molar-refractivity contribution in [3.8, 4) is 16.9 Å². The summed E-state index contributed by atoms with van der Waals surface area (Å²) in [5.41, 5.74) is 3.10. The van der Waals surface area contributed by atoms with Crippen LogP contribution in [0, 0.1) is 0 Å². The van der Waals surface area contributed by atoms with Crippen LogP contribution in [0.25, 0.3) is 22.0 Å². The van der Waals surface area contributed by atoms with Crippen LogP contribution in [0.1, 0.15) is 12.8 Å². The average Bonchev–Trinajstić information content (AvgIpc) is 3.05. The number of pyridine rings is 2. The van der Waals surface area contributed by atoms with Crippen LogP contribution < -0.4 is 4.74 Å². The van der Waals surface area contributed by atoms with E-state index in [1.54, 1.807) is 6.20 Å². The topological polar surface area (TPSA) is 38.2 Å². The van der Waals surface area contributed by atoms with E-state index in [4.69, 9.17) is 4.74 Å². The number of hydrogen-bond acceptors (Lipinski definition) is 4. The van der Waals surface area contributed by atoms with Gasteiger partial charge >= 0.3 is 0 Å². The zero-order valence-corrected chi connectivity index (χ0v) is 13.9. The minimum atomic E-state index is 0.510. The van der Waals surface area contributed by atoms with Gasteiger partial charge in [0.05, 0.1) is 11.7 Å². The molecule has 1 aliphatic rings. The summed E-state index contributed by atoms with van der Waals surface area (Å²) in [6, 6.07) is 12.8. The minimum Gasteiger partial charge on any atom is -0.490 e. The summed E-state index contributed by atoms with van der Waals surface area (Å²) in [7, 11) is 2.16. The molecule has 1 atom stereocenters. The maximum Gasteiger partial charge on any atom is 0.138 e. The van der Waals surface area contributed by atoms with E-state index in [-0.39, 0.29) is 0 Å². The largest absolute Gasteiger partial charge is 0.490 e. The molecule has 1 aromatic carbocycles. The molecule has 24 heavy (non-hydrogen) atoms. The summed E-state index contributed by atoms with van der Waals surface area (Å²) in [6.07, 6.45) is 8.00. The molecule has 2 aromatic heterocycles. The highest BCUT2D eigenvalue weighted by molar-refractivity contribution is 5.83. The van der Waals surface area contributed by atoms with Crippen molar-refractivity contribution in [2.45, 2.75) is 18.9 Å². The number of likely N-dealkylation sites (N-methyl/N-ethyl adjacent to an activating group) is 1. The van der Waals surface area contributed by atoms with Gasteiger partial charge in [0.15, 0.2) is 0 Å². The van der Waals surface area contributed by atoms with Crippen molar-refractivity contribution in [2.24, 2.45) is 0 Å². The molecule has 4 heteroatoms. The first-order valence-electron chi connectivity index (χ1n) is 8.43. The van der Waals surface area contributed by atoms with Gasteiger partial charge in [-0.1, -0.05) is 18.2 Å². The number of rotatable bonds is 4. The standard InChI is InChI=1S/C20H21N3O/c1-23-8-4-6-18(23)14-24-19-10-17(11-21-13-19)16-9-15-5-2-3-7-20(15)22-12-16/h2-3,5,7,9-13,18H,4,6,8,14H2,1H3/t18-/m0/s1. The zero-order valence-electron chi connectivity index (χ0n) is 13.9. The van der Waals surface area contributed by atoms with Crippen LogP contribution in [0.4, 0.5) is 0 Å². The lowest BCUT2D eigenvalue weighted by Gasteiger charge is -2.19. The first-order chi connectivity index (χ1) is 11.8. The number of hydrogen-bond donors (Lipinski definition) is 0. The van der Waals surface area contributed by atoms with Gasteiger partial charge in [-0.15, -0.1) is 0 Å². The smallest absolute Gasteiger partial charge is 0.138 e. The van der Waals surface area contributed by atoms with Gasteiger partial charge < -0.3 is 9.64 Å². The van der Waals surface area contributed by atoms with E-state index in [1.807, 2.05) is 36.7 Å². The molecule has 4 nitrogen and oxygen atoms in total. The van der Waals surface area contributed by atoms with Gasteiger partial charge in [-0.3, -0.25) is 9.97 Å². The molecule has 0 bridgehead atoms. The highest BCUT2D eigenvalue weighted by Gasteiger charge is 2.21. The van der Waals surface area contributed by atoms with Crippen LogP contribution in [-0.4, -0.2) is 41.1 Å². The summed E-state index contributed by atoms with van der Waals surface area (Å²) in [5.74, 6) is 0.820. The fraction of sp³-hybridized carbons (Fsp3) is 0.300. The van der Waals surface area contributed by atoms with Gasteiger partial charge in [-0.05, 0) is 44.6 Å². The monoisotopic (exact) mass is 319 g/mol. The Hall–Kier alpha value is -2.46. The molecule has 122 valence electrons. The molecule has 0 amide bonds. The van der Waals surface area contributed by atoms with Gasteiger partial charge in [-0.25, -0.2) is 0 Å². The third kappa shape index (κ3) is 3.10. The van der Waals surface area contributed by atoms with E-state index >= 15 is 0 Å². The Kier molecular flexibility index (Phi) is 4.13. The number of likely N-dealkylation sites (tertiary alicyclic amines) is 1. The Balaban J connectivity index is 1.54. The molecule has 1 aliphatic heterocycles. The fourth-order valence-electron chi connectivity index (χ4n) is 3.27. The Morgan fingerprint density at radius 2 is 2.00 bits per heavy atom. The number of fused-ring (bicyclic) bond motifs is 1. The molecule has 0 spiro atoms. The van der Waals surface area contributed by atoms with Crippen LogP contribution in [0.3, 0.4) is 0 Å². The van der Waals surface area contributed by atoms with Gasteiger partial charge in [0.1, 0.15) is 12.4 Å². The van der Waals surface area contributed by atoms with E-state index in [2.05, 4.69) is 34.0 Å². The van der Waals surface area contributed by atoms with E-state index in [0.717, 1.165) is 40.9 Å². The molecular weight excluding hydrogens is 298 g/mol. The van der Waals surface area contributed by atoms with Gasteiger partial charge in [-0.2, -0.15) is 0 Å². The first kappa shape index (κ1) is 15.1. The van der Waals surface area contributed by atoms with Crippen LogP contribution in [-0.2, 0) is 0 Å². The van der Waals surface area contributed by atoms with Crippen molar-refractivity contribution in [2.75, 3.05) is 20.2 Å². The highest BCUT2D eigenvalue weighted by Crippen LogP contribution is 2.25. The third-order valence-electron chi connectivity index (χ3n) is 4.75. The number of nitrogens with zero attached hydrogens (tertiary/aromatic N) is 3. The molecular formula is C20H21N3O. The molecule has 0 radical (unpaired) electrons. The first-order valence-corrected chi connectivity index (χ1v) is 8.43. The van der Waals surface area contributed by atoms with Crippen molar-refractivity contribution in [1.29, 1.82) is 0 Å². The molecule has 0 unspecified atom stereocenters. The van der Waals surface area contributed by atoms with Crippen LogP contribution in [0.5, 0.6) is 5.75 Å². The van der Waals surface area contributed by atoms with Crippen molar-refractivity contribution >= 4 is 10.9 Å². The lowest BCUT2D eigenvalue weighted by molar-refractivity contribution is 0.198. The van der Waals surface area contributed by atoms with Crippen molar-refractivity contribution < 1.29 is 4.74 Å². The Morgan fingerprint density at radius 1 is 1.12 bits per heavy atom. The van der Waals surface area contributed by atoms with Crippen molar-refractivity contribution in [3.63, 3.8) is 0 Å². The van der Waals surface area contributed by atoms with Crippen molar-refractivity contribution in [1.82, 2.24) is 14.9 Å². The van der Waals surface area contributed by atoms with Crippen molar-refractivity contribution in [3.05, 3.63) is 55.0 Å². The van der Waals surface area contributed by atoms with E-state index in [0.29, 0.717) is 6.04 Å². The second-order valence-corrected chi connectivity index (χ2v) is 6.41. The highest BCUT2D eigenvalue weighted by atomic mass is 16.5. The van der Waals surface area contributed by atoms with E-state index < -0.39 is 0 Å². The summed E-state index contributed by atoms with van der Waals surface area (Å²) in [6.45, 7) is 1.88. The third-order valence-corrected chi connectivity index (χ3v) is 4.75. The molecule has 1 fully saturated rings. The second kappa shape index (κ2) is 6.57. The lowest BCUT2D eigenvalue weighted by atomic mass is 10.1. The lowest BCUT2D eigenvalue weighted by Crippen LogP contribution is -2.30. The summed E-state index contributed by atoms with van der Waals surface area (Å²) in [5, 5.41) is 1.13. The average molecular weight is 319 g/mol. The number of aromatic nitrogens is 2. The predicted octanol–water partition coefficient (Wildman–Crippen LogP) is 3.77. The van der Waals surface area contributed by atoms with Crippen LogP contribution >= 0.6 is 0 Å². The van der Waals surface area contributed by atoms with Crippen LogP contribution in [0.2, 0.25) is 0 Å². The molecule has 0 aliphatic carbocycles. The predicted molar refractivity (Wildman–Crippen MR) is 96.1 cm³/mol. The maximum atomic E-state index is 5.99. The Morgan fingerprint density at radius 3 is 2.88 bits per heavy atom. The molecule has 1 saturated heterocycles. The SMILES string of the molecule is CN1CCC[C@H]1COc1cncc(-c2cnc3ccccc3c2)c1. The van der Waals surface area contributed by atoms with Gasteiger partial charge in [0, 0.05) is 34.9 Å². The van der Waals surface area contributed by atoms with Crippen LogP contribution in [0.15, 0.2) is 55.0 Å². The second-order valence-electron chi connectivity index (χ2n) is 6.41. The van der Waals surface area contributed by atoms with E-state index in [1.165, 1.54) is 12.8 Å². The number of para-hydroxylation sites is 1. The zero-order chi connectivity index (χ0) is 16.4. The fourth-order valence-corrected chi connectivity index (χ4v) is 3.27. The molecule has 4 rings (SSSR count). The Bertz CT molecular complexity index is 849. The normalized spacial score (nSPS) is 18.1. The molecule has 3 heterocycles. The summed E-state index contributed by atoms with van der Waals surface area (Å²) >= 11 is 0. The molecule has 0 N–H and O–H groups in total. The Labute approximate surface area is 142 Å². The minimum absolute atomic E-state index is 0.510. The van der Waals surface area contributed by atoms with E-state index in [9.17, 15) is 0 Å². The summed E-state index contributed by atoms with van der Waals surface area (Å²) in [4.78, 5) is 11.2. The number of benzene rings is 1. The van der Waals surface area contributed by atoms with Gasteiger partial charge in [0.2, 0.25) is 0 Å². The van der Waals surface area contributed by atoms with Gasteiger partial charge in [0.25, 0.3) is 0 Å². The number of ether oxygens (including phenoxy) is 1. The quantitative estimate of drug-likeness (QED) is 0.734. The summed E-state index contributed by atoms with van der Waals surface area (Å²) < 4.78 is 5.99. The maximum absolute atomic E-state index is 5.99. The molecule has 0 saturated carbocycles. The molecule has 3 aromatic rings.